The molecule has 270 valence electrons. The Hall–Kier alpha value is -2.51. The highest BCUT2D eigenvalue weighted by Crippen LogP contribution is 2.57. The second kappa shape index (κ2) is 12.6. The van der Waals surface area contributed by atoms with Crippen LogP contribution < -0.4 is 13.6 Å². The summed E-state index contributed by atoms with van der Waals surface area (Å²) >= 11 is 0. The fourth-order valence-electron chi connectivity index (χ4n) is 6.56. The number of rotatable bonds is 2. The molecule has 0 unspecified atom stereocenters. The van der Waals surface area contributed by atoms with E-state index in [1.165, 1.54) is 50.1 Å². The van der Waals surface area contributed by atoms with Crippen molar-refractivity contribution in [2.24, 2.45) is 0 Å². The summed E-state index contributed by atoms with van der Waals surface area (Å²) in [7, 11) is -1.92. The van der Waals surface area contributed by atoms with E-state index in [0.717, 1.165) is 17.2 Å². The monoisotopic (exact) mass is 686 g/mol. The first kappa shape index (κ1) is 39.3. The summed E-state index contributed by atoms with van der Waals surface area (Å²) < 4.78 is 21.8. The van der Waals surface area contributed by atoms with Crippen LogP contribution in [0.15, 0.2) is 36.4 Å². The molecule has 0 atom stereocenters. The molecule has 4 heteroatoms. The van der Waals surface area contributed by atoms with Crippen LogP contribution in [0.5, 0.6) is 17.2 Å². The standard InChI is InChI=1S/C45H67O3P/c1-27-21-33(42(9,10)11)39(34(22-27)43(12,13)14)48-49-46-37-31(23-29(40(3,4)5)25-35(37)44(15,16)17)28(2)32-24-30(41(6,7)8)26-36(38(32)47-49)45(18,19)20/h21-26,28H,1-20H3. The Morgan fingerprint density at radius 2 is 0.796 bits per heavy atom. The topological polar surface area (TPSA) is 27.7 Å². The van der Waals surface area contributed by atoms with Gasteiger partial charge in [-0.25, -0.2) is 0 Å². The van der Waals surface area contributed by atoms with E-state index in [9.17, 15) is 0 Å². The minimum atomic E-state index is -1.92. The second-order valence-electron chi connectivity index (χ2n) is 20.8. The molecule has 0 saturated carbocycles. The van der Waals surface area contributed by atoms with E-state index < -0.39 is 8.60 Å². The Kier molecular flexibility index (Phi) is 10.1. The Morgan fingerprint density at radius 1 is 0.469 bits per heavy atom. The van der Waals surface area contributed by atoms with Crippen molar-refractivity contribution in [3.8, 4) is 17.2 Å². The number of aryl methyl sites for hydroxylation is 1. The molecule has 49 heavy (non-hydrogen) atoms. The first-order chi connectivity index (χ1) is 21.9. The van der Waals surface area contributed by atoms with Gasteiger partial charge in [0.1, 0.15) is 17.2 Å². The zero-order valence-electron chi connectivity index (χ0n) is 34.7. The van der Waals surface area contributed by atoms with E-state index in [4.69, 9.17) is 13.6 Å². The van der Waals surface area contributed by atoms with Crippen LogP contribution in [0.3, 0.4) is 0 Å². The van der Waals surface area contributed by atoms with Crippen molar-refractivity contribution in [3.63, 3.8) is 0 Å². The maximum absolute atomic E-state index is 7.26. The predicted octanol–water partition coefficient (Wildman–Crippen LogP) is 14.0. The van der Waals surface area contributed by atoms with Crippen molar-refractivity contribution in [2.75, 3.05) is 0 Å². The van der Waals surface area contributed by atoms with Gasteiger partial charge in [-0.05, 0) is 50.5 Å². The lowest BCUT2D eigenvalue weighted by Gasteiger charge is -2.37. The maximum Gasteiger partial charge on any atom is 0.530 e. The Labute approximate surface area is 301 Å². The van der Waals surface area contributed by atoms with E-state index in [1.807, 2.05) is 0 Å². The fourth-order valence-corrected chi connectivity index (χ4v) is 7.73. The molecule has 0 aliphatic carbocycles. The summed E-state index contributed by atoms with van der Waals surface area (Å²) in [6, 6.07) is 14.1. The molecule has 0 aromatic heterocycles. The van der Waals surface area contributed by atoms with Gasteiger partial charge in [0, 0.05) is 39.3 Å². The first-order valence-corrected chi connectivity index (χ1v) is 19.4. The largest absolute Gasteiger partial charge is 0.530 e. The van der Waals surface area contributed by atoms with Crippen LogP contribution in [0.1, 0.15) is 188 Å². The zero-order chi connectivity index (χ0) is 37.4. The maximum atomic E-state index is 7.26. The van der Waals surface area contributed by atoms with Gasteiger partial charge >= 0.3 is 8.60 Å². The third-order valence-electron chi connectivity index (χ3n) is 9.86. The molecule has 0 saturated heterocycles. The van der Waals surface area contributed by atoms with Crippen molar-refractivity contribution < 1.29 is 13.6 Å². The number of hydrogen-bond acceptors (Lipinski definition) is 3. The van der Waals surface area contributed by atoms with Gasteiger partial charge in [-0.2, -0.15) is 0 Å². The lowest BCUT2D eigenvalue weighted by atomic mass is 9.74. The van der Waals surface area contributed by atoms with Gasteiger partial charge in [-0.1, -0.05) is 174 Å². The summed E-state index contributed by atoms with van der Waals surface area (Å²) in [4.78, 5) is 0. The molecule has 0 fully saturated rings. The molecule has 1 heterocycles. The minimum absolute atomic E-state index is 0.0311. The lowest BCUT2D eigenvalue weighted by molar-refractivity contribution is 0.358. The van der Waals surface area contributed by atoms with Crippen molar-refractivity contribution >= 4 is 8.60 Å². The fraction of sp³-hybridized carbons (Fsp3) is 0.600. The van der Waals surface area contributed by atoms with Gasteiger partial charge in [-0.15, -0.1) is 0 Å². The van der Waals surface area contributed by atoms with Crippen molar-refractivity contribution in [1.82, 2.24) is 0 Å². The Balaban J connectivity index is 2.17. The van der Waals surface area contributed by atoms with Crippen LogP contribution in [0.25, 0.3) is 0 Å². The number of hydrogen-bond donors (Lipinski definition) is 0. The van der Waals surface area contributed by atoms with Gasteiger partial charge in [0.25, 0.3) is 0 Å². The quantitative estimate of drug-likeness (QED) is 0.251. The van der Waals surface area contributed by atoms with Gasteiger partial charge in [0.05, 0.1) is 0 Å². The molecule has 0 N–H and O–H groups in total. The van der Waals surface area contributed by atoms with E-state index in [0.29, 0.717) is 0 Å². The average Bonchev–Trinajstić information content (AvgIpc) is 2.89. The van der Waals surface area contributed by atoms with E-state index in [1.54, 1.807) is 0 Å². The lowest BCUT2D eigenvalue weighted by Crippen LogP contribution is -2.24. The van der Waals surface area contributed by atoms with Crippen LogP contribution in [0, 0.1) is 6.92 Å². The molecular weight excluding hydrogens is 619 g/mol. The molecule has 1 aliphatic rings. The number of fused-ring (bicyclic) bond motifs is 2. The third-order valence-corrected chi connectivity index (χ3v) is 10.9. The Bertz CT molecular complexity index is 1580. The highest BCUT2D eigenvalue weighted by Gasteiger charge is 2.39. The summed E-state index contributed by atoms with van der Waals surface area (Å²) in [6.07, 6.45) is 0. The molecule has 3 nitrogen and oxygen atoms in total. The molecular formula is C45H67O3P. The average molecular weight is 687 g/mol. The molecule has 1 aliphatic heterocycles. The molecule has 0 amide bonds. The van der Waals surface area contributed by atoms with Crippen LogP contribution in [0.2, 0.25) is 0 Å². The van der Waals surface area contributed by atoms with Crippen molar-refractivity contribution in [1.29, 1.82) is 0 Å². The summed E-state index contributed by atoms with van der Waals surface area (Å²) in [6.45, 7) is 45.6. The summed E-state index contributed by atoms with van der Waals surface area (Å²) in [5, 5.41) is 0. The molecule has 0 radical (unpaired) electrons. The minimum Gasteiger partial charge on any atom is -0.408 e. The highest BCUT2D eigenvalue weighted by molar-refractivity contribution is 7.43. The Morgan fingerprint density at radius 3 is 1.08 bits per heavy atom. The van der Waals surface area contributed by atoms with E-state index in [-0.39, 0.29) is 38.4 Å². The molecule has 4 rings (SSSR count). The summed E-state index contributed by atoms with van der Waals surface area (Å²) in [5.74, 6) is 2.69. The van der Waals surface area contributed by atoms with Gasteiger partial charge < -0.3 is 13.6 Å². The highest BCUT2D eigenvalue weighted by atomic mass is 31.2. The van der Waals surface area contributed by atoms with E-state index >= 15 is 0 Å². The van der Waals surface area contributed by atoms with Crippen molar-refractivity contribution in [3.05, 3.63) is 86.5 Å². The van der Waals surface area contributed by atoms with Gasteiger partial charge in [0.2, 0.25) is 0 Å². The van der Waals surface area contributed by atoms with Crippen molar-refractivity contribution in [2.45, 2.75) is 177 Å². The zero-order valence-corrected chi connectivity index (χ0v) is 35.6. The molecule has 3 aromatic carbocycles. The smallest absolute Gasteiger partial charge is 0.408 e. The van der Waals surface area contributed by atoms with Gasteiger partial charge in [0.15, 0.2) is 0 Å². The van der Waals surface area contributed by atoms with Gasteiger partial charge in [-0.3, -0.25) is 0 Å². The number of benzene rings is 3. The molecule has 0 spiro atoms. The molecule has 0 bridgehead atoms. The van der Waals surface area contributed by atoms with Crippen LogP contribution in [0.4, 0.5) is 0 Å². The van der Waals surface area contributed by atoms with Crippen LogP contribution in [-0.4, -0.2) is 0 Å². The van der Waals surface area contributed by atoms with Crippen LogP contribution in [-0.2, 0) is 32.5 Å². The third kappa shape index (κ3) is 8.35. The summed E-state index contributed by atoms with van der Waals surface area (Å²) in [5.41, 5.74) is 10.2. The SMILES string of the molecule is Cc1cc(C(C)(C)C)c(OP2Oc3c(cc(C(C)(C)C)cc3C(C)(C)C)C(C)c3cc(C(C)(C)C)cc(C(C)(C)C)c3O2)c(C(C)(C)C)c1. The first-order valence-electron chi connectivity index (χ1n) is 18.3. The second-order valence-corrected chi connectivity index (χ2v) is 21.8. The van der Waals surface area contributed by atoms with Crippen LogP contribution >= 0.6 is 8.60 Å². The normalized spacial score (nSPS) is 17.7. The predicted molar refractivity (Wildman–Crippen MR) is 213 cm³/mol. The van der Waals surface area contributed by atoms with E-state index in [2.05, 4.69) is 175 Å². The molecule has 3 aromatic rings.